The van der Waals surface area contributed by atoms with Crippen LogP contribution >= 0.6 is 33.9 Å². The third kappa shape index (κ3) is 4.75. The fraction of sp³-hybridized carbons (Fsp3) is 0.412. The van der Waals surface area contributed by atoms with Crippen LogP contribution in [0, 0.1) is 3.57 Å². The molecule has 1 aromatic heterocycles. The summed E-state index contributed by atoms with van der Waals surface area (Å²) in [5.41, 5.74) is 1.63. The van der Waals surface area contributed by atoms with Crippen molar-refractivity contribution >= 4 is 45.0 Å². The molecule has 2 atom stereocenters. The summed E-state index contributed by atoms with van der Waals surface area (Å²) in [5, 5.41) is 5.53. The maximum Gasteiger partial charge on any atom is 0.257 e. The highest BCUT2D eigenvalue weighted by Gasteiger charge is 2.22. The van der Waals surface area contributed by atoms with E-state index in [1.165, 1.54) is 11.3 Å². The quantitative estimate of drug-likeness (QED) is 0.713. The van der Waals surface area contributed by atoms with Crippen LogP contribution in [-0.4, -0.2) is 41.1 Å². The molecule has 0 unspecified atom stereocenters. The molecule has 24 heavy (non-hydrogen) atoms. The number of hydrogen-bond donors (Lipinski definition) is 1. The molecule has 1 aliphatic rings. The number of morpholine rings is 1. The molecule has 2 heterocycles. The van der Waals surface area contributed by atoms with Gasteiger partial charge in [-0.25, -0.2) is 4.98 Å². The van der Waals surface area contributed by atoms with Crippen LogP contribution in [0.5, 0.6) is 0 Å². The van der Waals surface area contributed by atoms with Crippen LogP contribution in [0.3, 0.4) is 0 Å². The van der Waals surface area contributed by atoms with Crippen molar-refractivity contribution in [2.75, 3.05) is 18.4 Å². The largest absolute Gasteiger partial charge is 0.373 e. The Morgan fingerprint density at radius 2 is 2.17 bits per heavy atom. The number of amides is 1. The maximum atomic E-state index is 12.3. The second-order valence-electron chi connectivity index (χ2n) is 6.06. The van der Waals surface area contributed by atoms with Crippen molar-refractivity contribution in [3.05, 3.63) is 44.5 Å². The highest BCUT2D eigenvalue weighted by molar-refractivity contribution is 14.1. The standard InChI is InChI=1S/C17H20IN3O2S/c1-11-7-21(8-12(2)23-11)9-15-10-24-17(19-15)20-16(22)13-4-3-5-14(18)6-13/h3-6,10-12H,7-9H2,1-2H3,(H,19,20,22)/t11-,12+. The Morgan fingerprint density at radius 1 is 1.42 bits per heavy atom. The number of ether oxygens (including phenoxy) is 1. The SMILES string of the molecule is C[C@@H]1CN(Cc2csc(NC(=O)c3cccc(I)c3)n2)C[C@H](C)O1. The first-order valence-electron chi connectivity index (χ1n) is 7.89. The average molecular weight is 457 g/mol. The Hall–Kier alpha value is -1.03. The van der Waals surface area contributed by atoms with Crippen LogP contribution in [0.25, 0.3) is 0 Å². The van der Waals surface area contributed by atoms with Gasteiger partial charge in [0.05, 0.1) is 17.9 Å². The summed E-state index contributed by atoms with van der Waals surface area (Å²) in [6, 6.07) is 7.51. The molecule has 0 bridgehead atoms. The van der Waals surface area contributed by atoms with E-state index < -0.39 is 0 Å². The fourth-order valence-corrected chi connectivity index (χ4v) is 4.12. The van der Waals surface area contributed by atoms with E-state index in [0.717, 1.165) is 28.9 Å². The molecule has 1 saturated heterocycles. The van der Waals surface area contributed by atoms with E-state index in [4.69, 9.17) is 4.74 Å². The number of thiazole rings is 1. The molecule has 7 heteroatoms. The average Bonchev–Trinajstić information content (AvgIpc) is 2.93. The molecule has 3 rings (SSSR count). The van der Waals surface area contributed by atoms with Crippen molar-refractivity contribution in [2.45, 2.75) is 32.6 Å². The Balaban J connectivity index is 1.60. The Morgan fingerprint density at radius 3 is 2.88 bits per heavy atom. The van der Waals surface area contributed by atoms with Gasteiger partial charge in [-0.15, -0.1) is 11.3 Å². The van der Waals surface area contributed by atoms with Crippen LogP contribution in [0.15, 0.2) is 29.6 Å². The van der Waals surface area contributed by atoms with Gasteiger partial charge < -0.3 is 4.74 Å². The van der Waals surface area contributed by atoms with E-state index in [-0.39, 0.29) is 18.1 Å². The van der Waals surface area contributed by atoms with Gasteiger partial charge in [0, 0.05) is 34.1 Å². The number of halogens is 1. The zero-order valence-corrected chi connectivity index (χ0v) is 16.6. The number of benzene rings is 1. The predicted molar refractivity (Wildman–Crippen MR) is 105 cm³/mol. The molecule has 1 aromatic carbocycles. The van der Waals surface area contributed by atoms with Gasteiger partial charge in [-0.3, -0.25) is 15.0 Å². The number of carbonyl (C=O) groups is 1. The first-order chi connectivity index (χ1) is 11.5. The lowest BCUT2D eigenvalue weighted by atomic mass is 10.2. The number of nitrogens with zero attached hydrogens (tertiary/aromatic N) is 2. The molecular formula is C17H20IN3O2S. The van der Waals surface area contributed by atoms with Crippen molar-refractivity contribution in [1.82, 2.24) is 9.88 Å². The van der Waals surface area contributed by atoms with Crippen molar-refractivity contribution in [1.29, 1.82) is 0 Å². The normalized spacial score (nSPS) is 21.6. The molecule has 1 fully saturated rings. The van der Waals surface area contributed by atoms with Crippen LogP contribution < -0.4 is 5.32 Å². The Kier molecular flexibility index (Phi) is 5.85. The van der Waals surface area contributed by atoms with Gasteiger partial charge in [-0.05, 0) is 54.6 Å². The van der Waals surface area contributed by atoms with E-state index in [0.29, 0.717) is 10.7 Å². The fourth-order valence-electron chi connectivity index (χ4n) is 2.88. The molecule has 0 aliphatic carbocycles. The minimum absolute atomic E-state index is 0.122. The summed E-state index contributed by atoms with van der Waals surface area (Å²) < 4.78 is 6.79. The molecule has 128 valence electrons. The number of nitrogens with one attached hydrogen (secondary N) is 1. The first kappa shape index (κ1) is 17.8. The molecule has 1 aliphatic heterocycles. The third-order valence-electron chi connectivity index (χ3n) is 3.74. The van der Waals surface area contributed by atoms with Crippen molar-refractivity contribution in [2.24, 2.45) is 0 Å². The number of anilines is 1. The molecule has 2 aromatic rings. The Labute approximate surface area is 159 Å². The molecule has 0 saturated carbocycles. The smallest absolute Gasteiger partial charge is 0.257 e. The summed E-state index contributed by atoms with van der Waals surface area (Å²) in [4.78, 5) is 19.2. The zero-order valence-electron chi connectivity index (χ0n) is 13.7. The second-order valence-corrected chi connectivity index (χ2v) is 8.16. The van der Waals surface area contributed by atoms with E-state index in [1.807, 2.05) is 29.6 Å². The van der Waals surface area contributed by atoms with Crippen molar-refractivity contribution < 1.29 is 9.53 Å². The minimum Gasteiger partial charge on any atom is -0.373 e. The maximum absolute atomic E-state index is 12.3. The topological polar surface area (TPSA) is 54.5 Å². The summed E-state index contributed by atoms with van der Waals surface area (Å²) in [5.74, 6) is -0.122. The lowest BCUT2D eigenvalue weighted by Gasteiger charge is -2.34. The Bertz CT molecular complexity index is 711. The molecule has 5 nitrogen and oxygen atoms in total. The van der Waals surface area contributed by atoms with E-state index in [2.05, 4.69) is 51.6 Å². The van der Waals surface area contributed by atoms with Gasteiger partial charge in [0.1, 0.15) is 0 Å². The van der Waals surface area contributed by atoms with Crippen LogP contribution in [0.2, 0.25) is 0 Å². The van der Waals surface area contributed by atoms with Gasteiger partial charge in [-0.2, -0.15) is 0 Å². The highest BCUT2D eigenvalue weighted by Crippen LogP contribution is 2.20. The second kappa shape index (κ2) is 7.90. The monoisotopic (exact) mass is 457 g/mol. The van der Waals surface area contributed by atoms with Gasteiger partial charge in [0.2, 0.25) is 0 Å². The minimum atomic E-state index is -0.122. The predicted octanol–water partition coefficient (Wildman–Crippen LogP) is 3.61. The lowest BCUT2D eigenvalue weighted by molar-refractivity contribution is -0.0707. The van der Waals surface area contributed by atoms with Crippen LogP contribution in [-0.2, 0) is 11.3 Å². The highest BCUT2D eigenvalue weighted by atomic mass is 127. The number of carbonyl (C=O) groups excluding carboxylic acids is 1. The molecule has 0 spiro atoms. The summed E-state index contributed by atoms with van der Waals surface area (Å²) in [6.07, 6.45) is 0.485. The van der Waals surface area contributed by atoms with Crippen molar-refractivity contribution in [3.8, 4) is 0 Å². The van der Waals surface area contributed by atoms with E-state index >= 15 is 0 Å². The molecule has 1 amide bonds. The number of aromatic nitrogens is 1. The lowest BCUT2D eigenvalue weighted by Crippen LogP contribution is -2.44. The van der Waals surface area contributed by atoms with Crippen LogP contribution in [0.1, 0.15) is 29.9 Å². The molecular weight excluding hydrogens is 437 g/mol. The number of hydrogen-bond acceptors (Lipinski definition) is 5. The summed E-state index contributed by atoms with van der Waals surface area (Å²) >= 11 is 3.66. The van der Waals surface area contributed by atoms with Crippen molar-refractivity contribution in [3.63, 3.8) is 0 Å². The summed E-state index contributed by atoms with van der Waals surface area (Å²) in [7, 11) is 0. The van der Waals surface area contributed by atoms with Gasteiger partial charge in [-0.1, -0.05) is 6.07 Å². The van der Waals surface area contributed by atoms with Gasteiger partial charge in [0.15, 0.2) is 5.13 Å². The van der Waals surface area contributed by atoms with Gasteiger partial charge in [0.25, 0.3) is 5.91 Å². The first-order valence-corrected chi connectivity index (χ1v) is 9.84. The van der Waals surface area contributed by atoms with Gasteiger partial charge >= 0.3 is 0 Å². The zero-order chi connectivity index (χ0) is 17.1. The van der Waals surface area contributed by atoms with E-state index in [1.54, 1.807) is 0 Å². The van der Waals surface area contributed by atoms with Crippen LogP contribution in [0.4, 0.5) is 5.13 Å². The number of rotatable bonds is 4. The summed E-state index contributed by atoms with van der Waals surface area (Å²) in [6.45, 7) is 6.79. The molecule has 1 N–H and O–H groups in total. The third-order valence-corrected chi connectivity index (χ3v) is 5.22. The molecule has 0 radical (unpaired) electrons. The van der Waals surface area contributed by atoms with E-state index in [9.17, 15) is 4.79 Å².